The van der Waals surface area contributed by atoms with Gasteiger partial charge in [0.1, 0.15) is 0 Å². The lowest BCUT2D eigenvalue weighted by molar-refractivity contribution is -0.129. The topological polar surface area (TPSA) is 66.6 Å². The van der Waals surface area contributed by atoms with E-state index in [1.807, 2.05) is 36.0 Å². The van der Waals surface area contributed by atoms with Gasteiger partial charge in [-0.05, 0) is 17.7 Å². The summed E-state index contributed by atoms with van der Waals surface area (Å²) in [4.78, 5) is 11.7. The Morgan fingerprint density at radius 2 is 2.05 bits per heavy atom. The van der Waals surface area contributed by atoms with Crippen molar-refractivity contribution in [1.29, 1.82) is 0 Å². The van der Waals surface area contributed by atoms with Gasteiger partial charge in [-0.25, -0.2) is 5.43 Å². The first-order valence-corrected chi connectivity index (χ1v) is 5.86. The summed E-state index contributed by atoms with van der Waals surface area (Å²) >= 11 is 0. The van der Waals surface area contributed by atoms with Crippen LogP contribution in [0, 0.1) is 0 Å². The second kappa shape index (κ2) is 5.97. The lowest BCUT2D eigenvalue weighted by Crippen LogP contribution is -2.25. The van der Waals surface area contributed by atoms with Gasteiger partial charge in [-0.2, -0.15) is 5.10 Å². The summed E-state index contributed by atoms with van der Waals surface area (Å²) < 4.78 is 1.86. The van der Waals surface area contributed by atoms with Crippen LogP contribution in [0.5, 0.6) is 0 Å². The van der Waals surface area contributed by atoms with Crippen LogP contribution in [0.15, 0.2) is 53.8 Å². The van der Waals surface area contributed by atoms with Crippen molar-refractivity contribution < 1.29 is 9.90 Å². The molecule has 5 heteroatoms. The van der Waals surface area contributed by atoms with Crippen molar-refractivity contribution in [2.75, 3.05) is 0 Å². The highest BCUT2D eigenvalue weighted by atomic mass is 16.3. The van der Waals surface area contributed by atoms with Crippen LogP contribution >= 0.6 is 0 Å². The molecule has 1 aromatic heterocycles. The Morgan fingerprint density at radius 1 is 1.32 bits per heavy atom. The van der Waals surface area contributed by atoms with Crippen LogP contribution in [0.1, 0.15) is 17.4 Å². The first kappa shape index (κ1) is 13.0. The second-order valence-electron chi connectivity index (χ2n) is 4.09. The monoisotopic (exact) mass is 257 g/mol. The fourth-order valence-electron chi connectivity index (χ4n) is 1.62. The van der Waals surface area contributed by atoms with Gasteiger partial charge in [0.05, 0.1) is 11.9 Å². The number of nitrogens with one attached hydrogen (secondary N) is 1. The summed E-state index contributed by atoms with van der Waals surface area (Å²) in [5.41, 5.74) is 3.71. The summed E-state index contributed by atoms with van der Waals surface area (Å²) in [6.45, 7) is 0. The molecule has 0 aliphatic heterocycles. The van der Waals surface area contributed by atoms with Gasteiger partial charge in [-0.1, -0.05) is 30.3 Å². The lowest BCUT2D eigenvalue weighted by Gasteiger charge is -2.08. The summed E-state index contributed by atoms with van der Waals surface area (Å²) in [7, 11) is 1.88. The Balaban J connectivity index is 1.95. The third-order valence-electron chi connectivity index (χ3n) is 2.72. The van der Waals surface area contributed by atoms with E-state index in [9.17, 15) is 9.90 Å². The number of nitrogens with zero attached hydrogens (tertiary/aromatic N) is 2. The molecule has 1 heterocycles. The Morgan fingerprint density at radius 3 is 2.68 bits per heavy atom. The van der Waals surface area contributed by atoms with E-state index in [1.165, 1.54) is 6.21 Å². The Bertz CT molecular complexity index is 575. The van der Waals surface area contributed by atoms with Crippen LogP contribution in [-0.2, 0) is 11.8 Å². The minimum atomic E-state index is -1.22. The maximum atomic E-state index is 11.7. The van der Waals surface area contributed by atoms with Gasteiger partial charge in [0.25, 0.3) is 5.91 Å². The molecule has 1 amide bonds. The zero-order valence-electron chi connectivity index (χ0n) is 10.5. The zero-order chi connectivity index (χ0) is 13.7. The quantitative estimate of drug-likeness (QED) is 0.638. The Hall–Kier alpha value is -2.40. The molecule has 0 unspecified atom stereocenters. The van der Waals surface area contributed by atoms with E-state index in [0.717, 1.165) is 5.69 Å². The highest BCUT2D eigenvalue weighted by Gasteiger charge is 2.15. The van der Waals surface area contributed by atoms with E-state index in [2.05, 4.69) is 10.5 Å². The molecule has 1 atom stereocenters. The van der Waals surface area contributed by atoms with Crippen LogP contribution in [0.2, 0.25) is 0 Å². The third-order valence-corrected chi connectivity index (χ3v) is 2.72. The second-order valence-corrected chi connectivity index (χ2v) is 4.09. The van der Waals surface area contributed by atoms with Crippen LogP contribution < -0.4 is 5.43 Å². The molecule has 0 aliphatic carbocycles. The SMILES string of the molecule is Cn1cccc1/C=N\NC(=O)[C@@H](O)c1ccccc1. The van der Waals surface area contributed by atoms with Gasteiger partial charge in [0, 0.05) is 13.2 Å². The third kappa shape index (κ3) is 3.29. The van der Waals surface area contributed by atoms with E-state index >= 15 is 0 Å². The van der Waals surface area contributed by atoms with Crippen molar-refractivity contribution in [2.45, 2.75) is 6.10 Å². The first-order chi connectivity index (χ1) is 9.18. The van der Waals surface area contributed by atoms with Gasteiger partial charge in [0.2, 0.25) is 0 Å². The molecule has 1 aromatic carbocycles. The number of hydrogen-bond donors (Lipinski definition) is 2. The average Bonchev–Trinajstić information content (AvgIpc) is 2.84. The van der Waals surface area contributed by atoms with E-state index in [4.69, 9.17) is 0 Å². The Kier molecular flexibility index (Phi) is 4.10. The standard InChI is InChI=1S/C14H15N3O2/c1-17-9-5-8-12(17)10-15-16-14(19)13(18)11-6-3-2-4-7-11/h2-10,13,18H,1H3,(H,16,19)/b15-10-/t13-/m0/s1. The fourth-order valence-corrected chi connectivity index (χ4v) is 1.62. The summed E-state index contributed by atoms with van der Waals surface area (Å²) in [5.74, 6) is -0.559. The van der Waals surface area contributed by atoms with Crippen molar-refractivity contribution in [1.82, 2.24) is 9.99 Å². The number of rotatable bonds is 4. The predicted octanol–water partition coefficient (Wildman–Crippen LogP) is 1.21. The molecule has 0 saturated heterocycles. The van der Waals surface area contributed by atoms with Crippen molar-refractivity contribution in [3.05, 3.63) is 59.9 Å². The zero-order valence-corrected chi connectivity index (χ0v) is 10.5. The number of aryl methyl sites for hydroxylation is 1. The molecule has 0 spiro atoms. The van der Waals surface area contributed by atoms with Gasteiger partial charge in [-0.3, -0.25) is 4.79 Å². The van der Waals surface area contributed by atoms with E-state index < -0.39 is 12.0 Å². The van der Waals surface area contributed by atoms with Crippen LogP contribution in [0.3, 0.4) is 0 Å². The summed E-state index contributed by atoms with van der Waals surface area (Å²) in [6, 6.07) is 12.5. The molecule has 2 aromatic rings. The molecule has 19 heavy (non-hydrogen) atoms. The summed E-state index contributed by atoms with van der Waals surface area (Å²) in [5, 5.41) is 13.6. The number of aliphatic hydroxyl groups is 1. The molecule has 0 radical (unpaired) electrons. The van der Waals surface area contributed by atoms with Crippen molar-refractivity contribution in [3.8, 4) is 0 Å². The maximum Gasteiger partial charge on any atom is 0.273 e. The van der Waals surface area contributed by atoms with Crippen molar-refractivity contribution >= 4 is 12.1 Å². The number of amides is 1. The molecule has 0 bridgehead atoms. The van der Waals surface area contributed by atoms with Gasteiger partial charge in [0.15, 0.2) is 6.10 Å². The highest BCUT2D eigenvalue weighted by molar-refractivity contribution is 5.84. The number of benzene rings is 1. The fraction of sp³-hybridized carbons (Fsp3) is 0.143. The average molecular weight is 257 g/mol. The summed E-state index contributed by atoms with van der Waals surface area (Å²) in [6.07, 6.45) is 2.18. The van der Waals surface area contributed by atoms with Crippen molar-refractivity contribution in [2.24, 2.45) is 12.1 Å². The Labute approximate surface area is 111 Å². The van der Waals surface area contributed by atoms with Crippen LogP contribution in [0.4, 0.5) is 0 Å². The molecule has 0 saturated carbocycles. The van der Waals surface area contributed by atoms with Crippen LogP contribution in [0.25, 0.3) is 0 Å². The smallest absolute Gasteiger partial charge is 0.273 e. The molecule has 98 valence electrons. The molecule has 2 N–H and O–H groups in total. The van der Waals surface area contributed by atoms with E-state index in [0.29, 0.717) is 5.56 Å². The number of carbonyl (C=O) groups is 1. The molecule has 0 aliphatic rings. The number of hydrogen-bond acceptors (Lipinski definition) is 3. The number of aliphatic hydroxyl groups excluding tert-OH is 1. The number of hydrazone groups is 1. The molecular weight excluding hydrogens is 242 g/mol. The number of aromatic nitrogens is 1. The molecule has 2 rings (SSSR count). The van der Waals surface area contributed by atoms with E-state index in [1.54, 1.807) is 24.3 Å². The molecule has 0 fully saturated rings. The number of carbonyl (C=O) groups excluding carboxylic acids is 1. The van der Waals surface area contributed by atoms with Crippen molar-refractivity contribution in [3.63, 3.8) is 0 Å². The minimum Gasteiger partial charge on any atom is -0.378 e. The van der Waals surface area contributed by atoms with Gasteiger partial charge < -0.3 is 9.67 Å². The molecule has 5 nitrogen and oxygen atoms in total. The van der Waals surface area contributed by atoms with Gasteiger partial charge >= 0.3 is 0 Å². The first-order valence-electron chi connectivity index (χ1n) is 5.86. The maximum absolute atomic E-state index is 11.7. The normalized spacial score (nSPS) is 12.5. The molecular formula is C14H15N3O2. The minimum absolute atomic E-state index is 0.536. The van der Waals surface area contributed by atoms with E-state index in [-0.39, 0.29) is 0 Å². The lowest BCUT2D eigenvalue weighted by atomic mass is 10.1. The predicted molar refractivity (Wildman–Crippen MR) is 72.6 cm³/mol. The van der Waals surface area contributed by atoms with Crippen LogP contribution in [-0.4, -0.2) is 21.8 Å². The van der Waals surface area contributed by atoms with Gasteiger partial charge in [-0.15, -0.1) is 0 Å². The highest BCUT2D eigenvalue weighted by Crippen LogP contribution is 2.11. The largest absolute Gasteiger partial charge is 0.378 e.